The van der Waals surface area contributed by atoms with Crippen molar-refractivity contribution < 1.29 is 23.1 Å². The van der Waals surface area contributed by atoms with E-state index in [2.05, 4.69) is 83.1 Å². The third-order valence-corrected chi connectivity index (χ3v) is 9.90. The standard InChI is InChI=1S/C36H49ClN5O6PS/c1-2-3-4-5-6-7-8-9-10-11-12-13-14-15-16-17-18-19-33(43)39-25-26-40-49(45,48-31-22-20-30(37)21-23-31)46-28-35-47-34(29-50-35)42-27-24-32(38)41-36(42)44/h3-4,6-7,9-10,12-13,15-16,20-24,27,34-35H,2,5,8,11,14,17-19,25-26,28-29H2,1H3,(H,39,43)(H,40,45)(H2,38,41,44)/b4-3-,7-6-,10-9-,13-12-,16-15-/t34?,35-,49?/m1/s1. The first kappa shape index (κ1) is 41.0. The number of hydrogen-bond donors (Lipinski definition) is 3. The Morgan fingerprint density at radius 1 is 1.02 bits per heavy atom. The average molecular weight is 746 g/mol. The number of rotatable bonds is 23. The van der Waals surface area contributed by atoms with Crippen molar-refractivity contribution >= 4 is 42.8 Å². The van der Waals surface area contributed by atoms with E-state index in [9.17, 15) is 14.2 Å². The molecule has 2 heterocycles. The highest BCUT2D eigenvalue weighted by atomic mass is 35.5. The molecule has 3 atom stereocenters. The number of allylic oxidation sites excluding steroid dienone is 10. The van der Waals surface area contributed by atoms with Crippen molar-refractivity contribution in [3.05, 3.63) is 113 Å². The molecule has 1 aliphatic heterocycles. The number of nitrogens with two attached hydrogens (primary N) is 1. The number of nitrogens with one attached hydrogen (secondary N) is 2. The Bertz CT molecular complexity index is 1560. The Hall–Kier alpha value is -3.38. The molecule has 1 aromatic carbocycles. The first-order chi connectivity index (χ1) is 24.3. The van der Waals surface area contributed by atoms with Crippen LogP contribution in [-0.2, 0) is 18.6 Å². The second-order valence-electron chi connectivity index (χ2n) is 11.1. The smallest absolute Gasteiger partial charge is 0.413 e. The molecule has 2 unspecified atom stereocenters. The fourth-order valence-electron chi connectivity index (χ4n) is 4.45. The van der Waals surface area contributed by atoms with E-state index in [-0.39, 0.29) is 31.4 Å². The number of hydrogen-bond acceptors (Lipinski definition) is 9. The van der Waals surface area contributed by atoms with Crippen LogP contribution < -0.4 is 26.4 Å². The van der Waals surface area contributed by atoms with Crippen molar-refractivity contribution in [3.63, 3.8) is 0 Å². The monoisotopic (exact) mass is 745 g/mol. The summed E-state index contributed by atoms with van der Waals surface area (Å²) in [6.45, 7) is 2.41. The summed E-state index contributed by atoms with van der Waals surface area (Å²) in [5, 5.41) is 6.15. The lowest BCUT2D eigenvalue weighted by molar-refractivity contribution is -0.121. The van der Waals surface area contributed by atoms with Crippen LogP contribution in [0.2, 0.25) is 5.02 Å². The van der Waals surface area contributed by atoms with Gasteiger partial charge in [-0.25, -0.2) is 14.4 Å². The maximum atomic E-state index is 13.7. The molecule has 0 aliphatic carbocycles. The summed E-state index contributed by atoms with van der Waals surface area (Å²) in [7, 11) is -3.89. The number of aromatic nitrogens is 2. The van der Waals surface area contributed by atoms with E-state index in [1.54, 1.807) is 24.3 Å². The molecule has 1 aliphatic rings. The number of amides is 1. The lowest BCUT2D eigenvalue weighted by Crippen LogP contribution is -2.32. The molecule has 272 valence electrons. The highest BCUT2D eigenvalue weighted by Gasteiger charge is 2.33. The fourth-order valence-corrected chi connectivity index (χ4v) is 6.99. The van der Waals surface area contributed by atoms with Crippen molar-refractivity contribution in [2.75, 3.05) is 31.2 Å². The van der Waals surface area contributed by atoms with Crippen LogP contribution in [0.25, 0.3) is 0 Å². The third-order valence-electron chi connectivity index (χ3n) is 7.00. The highest BCUT2D eigenvalue weighted by Crippen LogP contribution is 2.45. The molecule has 14 heteroatoms. The number of carbonyl (C=O) groups excluding carboxylic acids is 1. The van der Waals surface area contributed by atoms with E-state index in [1.165, 1.54) is 28.6 Å². The molecule has 1 fully saturated rings. The zero-order valence-electron chi connectivity index (χ0n) is 28.5. The van der Waals surface area contributed by atoms with Crippen LogP contribution in [-0.4, -0.2) is 46.3 Å². The van der Waals surface area contributed by atoms with Gasteiger partial charge in [0.1, 0.15) is 23.2 Å². The molecule has 0 bridgehead atoms. The van der Waals surface area contributed by atoms with Crippen molar-refractivity contribution in [2.45, 2.75) is 70.0 Å². The van der Waals surface area contributed by atoms with Crippen molar-refractivity contribution in [1.29, 1.82) is 0 Å². The number of thioether (sulfide) groups is 1. The van der Waals surface area contributed by atoms with Crippen LogP contribution in [0.5, 0.6) is 5.75 Å². The Balaban J connectivity index is 1.32. The van der Waals surface area contributed by atoms with Crippen LogP contribution >= 0.6 is 31.1 Å². The molecular formula is C36H49ClN5O6PS. The summed E-state index contributed by atoms with van der Waals surface area (Å²) >= 11 is 7.38. The van der Waals surface area contributed by atoms with E-state index in [1.807, 2.05) is 0 Å². The zero-order chi connectivity index (χ0) is 35.9. The van der Waals surface area contributed by atoms with Gasteiger partial charge in [0, 0.05) is 36.5 Å². The summed E-state index contributed by atoms with van der Waals surface area (Å²) in [5.74, 6) is 0.785. The Morgan fingerprint density at radius 3 is 2.30 bits per heavy atom. The van der Waals surface area contributed by atoms with Gasteiger partial charge in [-0.1, -0.05) is 79.3 Å². The first-order valence-corrected chi connectivity index (χ1v) is 19.8. The van der Waals surface area contributed by atoms with Crippen LogP contribution in [0.3, 0.4) is 0 Å². The Labute approximate surface area is 304 Å². The minimum absolute atomic E-state index is 0.0850. The lowest BCUT2D eigenvalue weighted by atomic mass is 10.2. The topological polar surface area (TPSA) is 147 Å². The predicted octanol–water partition coefficient (Wildman–Crippen LogP) is 7.90. The van der Waals surface area contributed by atoms with Crippen LogP contribution in [0.1, 0.15) is 64.5 Å². The van der Waals surface area contributed by atoms with Gasteiger partial charge in [0.2, 0.25) is 5.91 Å². The normalized spacial score (nSPS) is 17.9. The molecule has 0 saturated carbocycles. The fraction of sp³-hybridized carbons (Fsp3) is 0.417. The highest BCUT2D eigenvalue weighted by molar-refractivity contribution is 8.00. The Morgan fingerprint density at radius 2 is 1.66 bits per heavy atom. The summed E-state index contributed by atoms with van der Waals surface area (Å²) in [4.78, 5) is 28.3. The van der Waals surface area contributed by atoms with E-state index in [0.717, 1.165) is 44.9 Å². The van der Waals surface area contributed by atoms with Gasteiger partial charge in [-0.15, -0.1) is 11.8 Å². The van der Waals surface area contributed by atoms with Gasteiger partial charge in [0.25, 0.3) is 0 Å². The number of carbonyl (C=O) groups is 1. The van der Waals surface area contributed by atoms with Crippen LogP contribution in [0.4, 0.5) is 5.82 Å². The molecule has 11 nitrogen and oxygen atoms in total. The predicted molar refractivity (Wildman–Crippen MR) is 204 cm³/mol. The van der Waals surface area contributed by atoms with Crippen molar-refractivity contribution in [1.82, 2.24) is 20.0 Å². The van der Waals surface area contributed by atoms with Crippen LogP contribution in [0, 0.1) is 0 Å². The quantitative estimate of drug-likeness (QED) is 0.0583. The van der Waals surface area contributed by atoms with E-state index < -0.39 is 25.1 Å². The van der Waals surface area contributed by atoms with E-state index in [0.29, 0.717) is 22.9 Å². The second-order valence-corrected chi connectivity index (χ2v) is 14.5. The Kier molecular flexibility index (Phi) is 19.6. The average Bonchev–Trinajstić information content (AvgIpc) is 3.57. The van der Waals surface area contributed by atoms with Crippen LogP contribution in [0.15, 0.2) is 102 Å². The molecule has 50 heavy (non-hydrogen) atoms. The minimum Gasteiger partial charge on any atom is -0.413 e. The lowest BCUT2D eigenvalue weighted by Gasteiger charge is -2.22. The van der Waals surface area contributed by atoms with Gasteiger partial charge >= 0.3 is 13.4 Å². The van der Waals surface area contributed by atoms with Gasteiger partial charge in [-0.3, -0.25) is 13.9 Å². The number of nitrogen functional groups attached to an aromatic ring is 1. The van der Waals surface area contributed by atoms with Crippen molar-refractivity contribution in [2.24, 2.45) is 0 Å². The van der Waals surface area contributed by atoms with Gasteiger partial charge in [-0.2, -0.15) is 4.98 Å². The largest absolute Gasteiger partial charge is 0.458 e. The molecule has 1 amide bonds. The number of anilines is 1. The second kappa shape index (κ2) is 23.9. The van der Waals surface area contributed by atoms with E-state index in [4.69, 9.17) is 31.1 Å². The molecule has 4 N–H and O–H groups in total. The number of ether oxygens (including phenoxy) is 1. The number of unbranched alkanes of at least 4 members (excludes halogenated alkanes) is 1. The maximum Gasteiger partial charge on any atom is 0.458 e. The molecule has 1 saturated heterocycles. The minimum atomic E-state index is -3.89. The van der Waals surface area contributed by atoms with Gasteiger partial charge in [-0.05, 0) is 75.3 Å². The SMILES string of the molecule is CC/C=C\C/C=C\C/C=C\C/C=C\C/C=C\CCCC(=O)NCCNP(=O)(OC[C@@H]1OC(n2ccc(N)nc2=O)CS1)Oc1ccc(Cl)cc1. The molecule has 2 aromatic rings. The number of halogens is 1. The summed E-state index contributed by atoms with van der Waals surface area (Å²) in [6, 6.07) is 7.90. The molecule has 0 radical (unpaired) electrons. The summed E-state index contributed by atoms with van der Waals surface area (Å²) < 4.78 is 32.4. The van der Waals surface area contributed by atoms with Crippen molar-refractivity contribution in [3.8, 4) is 5.75 Å². The van der Waals surface area contributed by atoms with Gasteiger partial charge < -0.3 is 20.3 Å². The number of benzene rings is 1. The molecule has 1 aromatic heterocycles. The summed E-state index contributed by atoms with van der Waals surface area (Å²) in [6.07, 6.45) is 29.3. The van der Waals surface area contributed by atoms with Gasteiger partial charge in [0.15, 0.2) is 0 Å². The molecule has 3 rings (SSSR count). The van der Waals surface area contributed by atoms with E-state index >= 15 is 0 Å². The first-order valence-electron chi connectivity index (χ1n) is 16.9. The maximum absolute atomic E-state index is 13.7. The zero-order valence-corrected chi connectivity index (χ0v) is 31.0. The summed E-state index contributed by atoms with van der Waals surface area (Å²) in [5.41, 5.74) is 4.54. The molecular weight excluding hydrogens is 697 g/mol. The van der Waals surface area contributed by atoms with Gasteiger partial charge in [0.05, 0.1) is 6.61 Å². The third kappa shape index (κ3) is 17.0. The number of nitrogens with zero attached hydrogens (tertiary/aromatic N) is 2. The molecule has 0 spiro atoms.